The fraction of sp³-hybridized carbons (Fsp3) is 0.294. The van der Waals surface area contributed by atoms with Gasteiger partial charge >= 0.3 is 0 Å². The molecule has 0 bridgehead atoms. The molecule has 0 amide bonds. The van der Waals surface area contributed by atoms with Gasteiger partial charge in [-0.15, -0.1) is 0 Å². The Balaban J connectivity index is 1.92. The number of rotatable bonds is 2. The van der Waals surface area contributed by atoms with Gasteiger partial charge in [0.1, 0.15) is 11.3 Å². The summed E-state index contributed by atoms with van der Waals surface area (Å²) in [5.74, 6) is 3.51. The Bertz CT molecular complexity index is 745. The van der Waals surface area contributed by atoms with E-state index in [4.69, 9.17) is 4.98 Å². The average Bonchev–Trinajstić information content (AvgIpc) is 2.96. The summed E-state index contributed by atoms with van der Waals surface area (Å²) in [5, 5.41) is 0. The lowest BCUT2D eigenvalue weighted by Crippen LogP contribution is -2.16. The maximum Gasteiger partial charge on any atom is 0.160 e. The Hall–Kier alpha value is -1.81. The average molecular weight is 295 g/mol. The number of benzene rings is 1. The Labute approximate surface area is 128 Å². The summed E-state index contributed by atoms with van der Waals surface area (Å²) >= 11 is 2.05. The molecule has 0 aliphatic carbocycles. The van der Waals surface area contributed by atoms with Crippen LogP contribution in [0.2, 0.25) is 0 Å². The zero-order valence-electron chi connectivity index (χ0n) is 11.8. The number of fused-ring (bicyclic) bond motifs is 1. The van der Waals surface area contributed by atoms with Crippen LogP contribution >= 0.6 is 11.8 Å². The molecule has 2 aromatic heterocycles. The minimum Gasteiger partial charge on any atom is -0.306 e. The van der Waals surface area contributed by atoms with Crippen LogP contribution in [0.15, 0.2) is 48.7 Å². The van der Waals surface area contributed by atoms with Gasteiger partial charge in [-0.3, -0.25) is 0 Å². The van der Waals surface area contributed by atoms with Crippen molar-refractivity contribution >= 4 is 22.9 Å². The van der Waals surface area contributed by atoms with Crippen molar-refractivity contribution in [2.75, 3.05) is 11.5 Å². The standard InChI is InChI=1S/C17H17N3S/c1-2-5-13(6-3-1)16-19-15-7-4-10-18-17(15)20(16)14-8-11-21-12-9-14/h1-7,10,14H,8-9,11-12H2. The largest absolute Gasteiger partial charge is 0.306 e. The van der Waals surface area contributed by atoms with Gasteiger partial charge in [-0.1, -0.05) is 30.3 Å². The van der Waals surface area contributed by atoms with E-state index >= 15 is 0 Å². The van der Waals surface area contributed by atoms with Crippen molar-refractivity contribution in [2.24, 2.45) is 0 Å². The Kier molecular flexibility index (Phi) is 3.39. The fourth-order valence-corrected chi connectivity index (χ4v) is 4.09. The van der Waals surface area contributed by atoms with Gasteiger partial charge in [0, 0.05) is 17.8 Å². The fourth-order valence-electron chi connectivity index (χ4n) is 3.01. The lowest BCUT2D eigenvalue weighted by molar-refractivity contribution is 0.483. The smallest absolute Gasteiger partial charge is 0.160 e. The molecule has 21 heavy (non-hydrogen) atoms. The van der Waals surface area contributed by atoms with Crippen molar-refractivity contribution in [2.45, 2.75) is 18.9 Å². The lowest BCUT2D eigenvalue weighted by Gasteiger charge is -2.24. The van der Waals surface area contributed by atoms with Crippen molar-refractivity contribution < 1.29 is 0 Å². The first kappa shape index (κ1) is 12.9. The van der Waals surface area contributed by atoms with Gasteiger partial charge in [-0.05, 0) is 36.5 Å². The zero-order valence-corrected chi connectivity index (χ0v) is 12.6. The van der Waals surface area contributed by atoms with Gasteiger partial charge in [0.05, 0.1) is 0 Å². The van der Waals surface area contributed by atoms with E-state index in [1.54, 1.807) is 0 Å². The molecular formula is C17H17N3S. The third kappa shape index (κ3) is 2.33. The van der Waals surface area contributed by atoms with E-state index in [9.17, 15) is 0 Å². The maximum atomic E-state index is 4.85. The van der Waals surface area contributed by atoms with Crippen LogP contribution in [-0.4, -0.2) is 26.0 Å². The first-order valence-electron chi connectivity index (χ1n) is 7.39. The molecule has 0 atom stereocenters. The summed E-state index contributed by atoms with van der Waals surface area (Å²) in [4.78, 5) is 9.45. The van der Waals surface area contributed by atoms with Crippen LogP contribution in [0.25, 0.3) is 22.6 Å². The topological polar surface area (TPSA) is 30.7 Å². The molecule has 3 aromatic rings. The van der Waals surface area contributed by atoms with Crippen LogP contribution in [0, 0.1) is 0 Å². The monoisotopic (exact) mass is 295 g/mol. The van der Waals surface area contributed by atoms with E-state index in [2.05, 4.69) is 39.9 Å². The molecule has 1 aliphatic rings. The van der Waals surface area contributed by atoms with Crippen LogP contribution < -0.4 is 0 Å². The number of hydrogen-bond donors (Lipinski definition) is 0. The molecule has 3 nitrogen and oxygen atoms in total. The second kappa shape index (κ2) is 5.53. The van der Waals surface area contributed by atoms with Crippen LogP contribution in [0.3, 0.4) is 0 Å². The molecule has 0 saturated carbocycles. The van der Waals surface area contributed by atoms with Gasteiger partial charge in [0.25, 0.3) is 0 Å². The predicted octanol–water partition coefficient (Wildman–Crippen LogP) is 4.17. The SMILES string of the molecule is c1ccc(-c2nc3cccnc3n2C2CCSCC2)cc1. The minimum atomic E-state index is 0.515. The van der Waals surface area contributed by atoms with Crippen molar-refractivity contribution in [1.82, 2.24) is 14.5 Å². The Morgan fingerprint density at radius 2 is 1.81 bits per heavy atom. The maximum absolute atomic E-state index is 4.85. The van der Waals surface area contributed by atoms with E-state index in [1.165, 1.54) is 29.9 Å². The van der Waals surface area contributed by atoms with Crippen molar-refractivity contribution in [3.63, 3.8) is 0 Å². The summed E-state index contributed by atoms with van der Waals surface area (Å²) in [6.07, 6.45) is 4.27. The van der Waals surface area contributed by atoms with E-state index in [0.717, 1.165) is 17.0 Å². The third-order valence-electron chi connectivity index (χ3n) is 4.04. The molecule has 0 radical (unpaired) electrons. The van der Waals surface area contributed by atoms with Crippen molar-refractivity contribution in [1.29, 1.82) is 0 Å². The highest BCUT2D eigenvalue weighted by atomic mass is 32.2. The minimum absolute atomic E-state index is 0.515. The summed E-state index contributed by atoms with van der Waals surface area (Å²) in [6.45, 7) is 0. The Morgan fingerprint density at radius 3 is 2.62 bits per heavy atom. The highest BCUT2D eigenvalue weighted by Crippen LogP contribution is 2.34. The molecule has 3 heterocycles. The zero-order chi connectivity index (χ0) is 14.1. The summed E-state index contributed by atoms with van der Waals surface area (Å²) in [7, 11) is 0. The van der Waals surface area contributed by atoms with Crippen molar-refractivity contribution in [3.8, 4) is 11.4 Å². The molecule has 1 aromatic carbocycles. The van der Waals surface area contributed by atoms with Crippen LogP contribution in [0.4, 0.5) is 0 Å². The second-order valence-electron chi connectivity index (χ2n) is 5.36. The molecule has 4 rings (SSSR count). The molecule has 0 spiro atoms. The van der Waals surface area contributed by atoms with Gasteiger partial charge in [0.2, 0.25) is 0 Å². The van der Waals surface area contributed by atoms with Gasteiger partial charge in [-0.2, -0.15) is 11.8 Å². The molecule has 1 saturated heterocycles. The molecular weight excluding hydrogens is 278 g/mol. The molecule has 4 heteroatoms. The summed E-state index contributed by atoms with van der Waals surface area (Å²) < 4.78 is 2.37. The number of hydrogen-bond acceptors (Lipinski definition) is 3. The molecule has 1 aliphatic heterocycles. The highest BCUT2D eigenvalue weighted by molar-refractivity contribution is 7.99. The van der Waals surface area contributed by atoms with E-state index in [0.29, 0.717) is 6.04 Å². The summed E-state index contributed by atoms with van der Waals surface area (Å²) in [6, 6.07) is 15.0. The number of thioether (sulfide) groups is 1. The number of aromatic nitrogens is 3. The van der Waals surface area contributed by atoms with E-state index in [1.807, 2.05) is 30.1 Å². The second-order valence-corrected chi connectivity index (χ2v) is 6.59. The van der Waals surface area contributed by atoms with Gasteiger partial charge in [0.15, 0.2) is 5.65 Å². The molecule has 1 fully saturated rings. The molecule has 0 unspecified atom stereocenters. The van der Waals surface area contributed by atoms with E-state index < -0.39 is 0 Å². The molecule has 106 valence electrons. The highest BCUT2D eigenvalue weighted by Gasteiger charge is 2.22. The summed E-state index contributed by atoms with van der Waals surface area (Å²) in [5.41, 5.74) is 3.19. The number of nitrogens with zero attached hydrogens (tertiary/aromatic N) is 3. The van der Waals surface area contributed by atoms with Crippen LogP contribution in [0.1, 0.15) is 18.9 Å². The normalized spacial score (nSPS) is 16.4. The number of imidazole rings is 1. The van der Waals surface area contributed by atoms with Crippen LogP contribution in [-0.2, 0) is 0 Å². The third-order valence-corrected chi connectivity index (χ3v) is 5.09. The first-order valence-corrected chi connectivity index (χ1v) is 8.55. The van der Waals surface area contributed by atoms with Gasteiger partial charge in [-0.25, -0.2) is 9.97 Å². The van der Waals surface area contributed by atoms with Gasteiger partial charge < -0.3 is 4.57 Å². The van der Waals surface area contributed by atoms with Crippen molar-refractivity contribution in [3.05, 3.63) is 48.7 Å². The number of pyridine rings is 1. The molecule has 0 N–H and O–H groups in total. The first-order chi connectivity index (χ1) is 10.4. The Morgan fingerprint density at radius 1 is 1.00 bits per heavy atom. The quantitative estimate of drug-likeness (QED) is 0.711. The van der Waals surface area contributed by atoms with Crippen LogP contribution in [0.5, 0.6) is 0 Å². The van der Waals surface area contributed by atoms with E-state index in [-0.39, 0.29) is 0 Å². The predicted molar refractivity (Wildman–Crippen MR) is 88.6 cm³/mol. The lowest BCUT2D eigenvalue weighted by atomic mass is 10.1.